The molecule has 1 aliphatic rings. The second-order valence-electron chi connectivity index (χ2n) is 4.66. The Hall–Kier alpha value is -2.43. The summed E-state index contributed by atoms with van der Waals surface area (Å²) in [4.78, 5) is 10.9. The number of aliphatic hydroxyl groups excluding tert-OH is 1. The van der Waals surface area contributed by atoms with Gasteiger partial charge >= 0.3 is 5.00 Å². The first-order valence-electron chi connectivity index (χ1n) is 6.57. The van der Waals surface area contributed by atoms with Crippen molar-refractivity contribution in [1.29, 1.82) is 0 Å². The lowest BCUT2D eigenvalue weighted by Crippen LogP contribution is -2.06. The molecule has 1 atom stereocenters. The van der Waals surface area contributed by atoms with Gasteiger partial charge in [-0.05, 0) is 24.7 Å². The number of hydrogen-bond donors (Lipinski definition) is 2. The van der Waals surface area contributed by atoms with Crippen LogP contribution in [-0.4, -0.2) is 37.2 Å². The van der Waals surface area contributed by atoms with Crippen LogP contribution in [0.25, 0.3) is 5.57 Å². The monoisotopic (exact) mass is 349 g/mol. The maximum atomic E-state index is 10.7. The lowest BCUT2D eigenvalue weighted by Gasteiger charge is -2.09. The molecular weight excluding hydrogens is 338 g/mol. The van der Waals surface area contributed by atoms with Gasteiger partial charge in [0.2, 0.25) is 4.77 Å². The Labute approximate surface area is 139 Å². The quantitative estimate of drug-likeness (QED) is 0.381. The average Bonchev–Trinajstić information content (AvgIpc) is 3.13. The van der Waals surface area contributed by atoms with E-state index in [9.17, 15) is 15.2 Å². The van der Waals surface area contributed by atoms with Gasteiger partial charge in [-0.25, -0.2) is 5.10 Å². The number of aromatic nitrogens is 3. The van der Waals surface area contributed by atoms with Crippen LogP contribution in [0.2, 0.25) is 0 Å². The molecule has 0 aliphatic heterocycles. The number of nitro groups is 1. The summed E-state index contributed by atoms with van der Waals surface area (Å²) in [5, 5.41) is 31.3. The van der Waals surface area contributed by atoms with Gasteiger partial charge in [0.15, 0.2) is 5.82 Å². The van der Waals surface area contributed by atoms with Gasteiger partial charge < -0.3 is 5.11 Å². The molecule has 0 saturated heterocycles. The van der Waals surface area contributed by atoms with Crippen LogP contribution in [0, 0.1) is 14.9 Å². The summed E-state index contributed by atoms with van der Waals surface area (Å²) >= 11 is 6.18. The van der Waals surface area contributed by atoms with E-state index in [-0.39, 0.29) is 5.00 Å². The molecule has 0 fully saturated rings. The summed E-state index contributed by atoms with van der Waals surface area (Å²) in [6, 6.07) is 3.04. The lowest BCUT2D eigenvalue weighted by atomic mass is 10.0. The number of nitrogens with zero attached hydrogens (tertiary/aromatic N) is 4. The third-order valence-corrected chi connectivity index (χ3v) is 4.31. The number of rotatable bonds is 4. The molecule has 8 nitrogen and oxygen atoms in total. The third-order valence-electron chi connectivity index (χ3n) is 3.08. The molecule has 23 heavy (non-hydrogen) atoms. The van der Waals surface area contributed by atoms with E-state index in [0.29, 0.717) is 21.9 Å². The molecule has 2 N–H and O–H groups in total. The van der Waals surface area contributed by atoms with Crippen LogP contribution < -0.4 is 0 Å². The van der Waals surface area contributed by atoms with Gasteiger partial charge in [0, 0.05) is 11.6 Å². The average molecular weight is 349 g/mol. The highest BCUT2D eigenvalue weighted by atomic mass is 32.1. The van der Waals surface area contributed by atoms with E-state index in [1.165, 1.54) is 17.0 Å². The molecule has 1 unspecified atom stereocenters. The summed E-state index contributed by atoms with van der Waals surface area (Å²) in [6.07, 6.45) is 6.76. The van der Waals surface area contributed by atoms with Crippen molar-refractivity contribution in [1.82, 2.24) is 14.9 Å². The highest BCUT2D eigenvalue weighted by Gasteiger charge is 2.13. The second-order valence-corrected chi connectivity index (χ2v) is 6.14. The van der Waals surface area contributed by atoms with Crippen molar-refractivity contribution in [3.63, 3.8) is 0 Å². The van der Waals surface area contributed by atoms with E-state index in [1.54, 1.807) is 18.2 Å². The van der Waals surface area contributed by atoms with Crippen LogP contribution in [0.5, 0.6) is 0 Å². The molecule has 0 radical (unpaired) electrons. The first-order chi connectivity index (χ1) is 11.0. The fourth-order valence-corrected chi connectivity index (χ4v) is 2.85. The number of hydrogen-bond acceptors (Lipinski definition) is 7. The Kier molecular flexibility index (Phi) is 4.28. The third kappa shape index (κ3) is 3.33. The number of aliphatic hydroxyl groups is 1. The van der Waals surface area contributed by atoms with Crippen LogP contribution in [0.1, 0.15) is 17.1 Å². The molecule has 0 spiro atoms. The molecule has 0 amide bonds. The second kappa shape index (κ2) is 6.36. The highest BCUT2D eigenvalue weighted by molar-refractivity contribution is 7.71. The van der Waals surface area contributed by atoms with Crippen molar-refractivity contribution >= 4 is 40.3 Å². The van der Waals surface area contributed by atoms with Crippen molar-refractivity contribution in [3.8, 4) is 0 Å². The normalized spacial score (nSPS) is 17.6. The number of thiophene rings is 1. The number of allylic oxidation sites excluding steroid dienone is 2. The Morgan fingerprint density at radius 2 is 2.43 bits per heavy atom. The minimum absolute atomic E-state index is 0.0503. The van der Waals surface area contributed by atoms with E-state index in [1.807, 2.05) is 6.08 Å². The number of nitrogens with one attached hydrogen (secondary N) is 1. The van der Waals surface area contributed by atoms with Crippen LogP contribution in [-0.2, 0) is 0 Å². The maximum absolute atomic E-state index is 10.7. The number of H-pyrrole nitrogens is 1. The highest BCUT2D eigenvalue weighted by Crippen LogP contribution is 2.23. The topological polar surface area (TPSA) is 109 Å². The lowest BCUT2D eigenvalue weighted by molar-refractivity contribution is -0.380. The van der Waals surface area contributed by atoms with Crippen molar-refractivity contribution in [2.24, 2.45) is 5.10 Å². The molecule has 0 saturated carbocycles. The fraction of sp³-hybridized carbons (Fsp3) is 0.154. The number of aromatic amines is 1. The largest absolute Gasteiger partial charge is 0.389 e. The fourth-order valence-electron chi connectivity index (χ4n) is 1.98. The Balaban J connectivity index is 1.90. The van der Waals surface area contributed by atoms with Gasteiger partial charge in [0.25, 0.3) is 0 Å². The zero-order valence-corrected chi connectivity index (χ0v) is 13.3. The molecule has 2 heterocycles. The van der Waals surface area contributed by atoms with E-state index in [0.717, 1.165) is 16.9 Å². The summed E-state index contributed by atoms with van der Waals surface area (Å²) in [5.74, 6) is 0.514. The van der Waals surface area contributed by atoms with Crippen molar-refractivity contribution in [2.75, 3.05) is 0 Å². The first-order valence-corrected chi connectivity index (χ1v) is 7.80. The zero-order chi connectivity index (χ0) is 16.4. The van der Waals surface area contributed by atoms with E-state index < -0.39 is 11.0 Å². The van der Waals surface area contributed by atoms with E-state index >= 15 is 0 Å². The Morgan fingerprint density at radius 1 is 1.61 bits per heavy atom. The van der Waals surface area contributed by atoms with Gasteiger partial charge in [-0.3, -0.25) is 10.1 Å². The summed E-state index contributed by atoms with van der Waals surface area (Å²) < 4.78 is 1.75. The predicted octanol–water partition coefficient (Wildman–Crippen LogP) is 2.50. The van der Waals surface area contributed by atoms with Gasteiger partial charge in [-0.2, -0.15) is 14.9 Å². The van der Waals surface area contributed by atoms with Crippen LogP contribution in [0.15, 0.2) is 35.5 Å². The van der Waals surface area contributed by atoms with Gasteiger partial charge in [-0.15, -0.1) is 0 Å². The SMILES string of the molecule is O=[N+]([O-])c1ccc(/C=N\n2c(C3=CCC(O)C=C3)n[nH]c2=S)s1. The molecule has 0 bridgehead atoms. The summed E-state index contributed by atoms with van der Waals surface area (Å²) in [5.41, 5.74) is 0.789. The molecule has 0 aromatic carbocycles. The molecule has 2 aromatic rings. The van der Waals surface area contributed by atoms with Crippen LogP contribution in [0.4, 0.5) is 5.00 Å². The molecular formula is C13H11N5O3S2. The molecule has 2 aromatic heterocycles. The minimum Gasteiger partial charge on any atom is -0.389 e. The first kappa shape index (κ1) is 15.5. The van der Waals surface area contributed by atoms with E-state index in [4.69, 9.17) is 12.2 Å². The summed E-state index contributed by atoms with van der Waals surface area (Å²) in [6.45, 7) is 0. The van der Waals surface area contributed by atoms with Gasteiger partial charge in [-0.1, -0.05) is 29.6 Å². The van der Waals surface area contributed by atoms with E-state index in [2.05, 4.69) is 15.3 Å². The maximum Gasteiger partial charge on any atom is 0.324 e. The standard InChI is InChI=1S/C13H11N5O3S2/c19-9-3-1-8(2-4-9)12-15-16-13(22)17(12)14-7-10-5-6-11(23-10)18(20)21/h1-3,5-7,9,19H,4H2,(H,16,22)/b14-7-. The van der Waals surface area contributed by atoms with Crippen molar-refractivity contribution in [3.05, 3.63) is 55.9 Å². The predicted molar refractivity (Wildman–Crippen MR) is 89.1 cm³/mol. The van der Waals surface area contributed by atoms with Gasteiger partial charge in [0.05, 0.1) is 22.1 Å². The van der Waals surface area contributed by atoms with Gasteiger partial charge in [0.1, 0.15) is 0 Å². The molecule has 118 valence electrons. The molecule has 1 aliphatic carbocycles. The van der Waals surface area contributed by atoms with Crippen molar-refractivity contribution in [2.45, 2.75) is 12.5 Å². The van der Waals surface area contributed by atoms with Crippen LogP contribution in [0.3, 0.4) is 0 Å². The molecule has 10 heteroatoms. The Bertz CT molecular complexity index is 890. The summed E-state index contributed by atoms with van der Waals surface area (Å²) in [7, 11) is 0. The molecule has 3 rings (SSSR count). The van der Waals surface area contributed by atoms with Crippen molar-refractivity contribution < 1.29 is 10.0 Å². The van der Waals surface area contributed by atoms with Crippen LogP contribution >= 0.6 is 23.6 Å². The smallest absolute Gasteiger partial charge is 0.324 e. The zero-order valence-electron chi connectivity index (χ0n) is 11.6. The minimum atomic E-state index is -0.496. The Morgan fingerprint density at radius 3 is 3.09 bits per heavy atom.